The number of nitrogens with zero attached hydrogens (tertiary/aromatic N) is 4. The number of hydrogen-bond donors (Lipinski definition) is 2. The van der Waals surface area contributed by atoms with Crippen molar-refractivity contribution in [1.82, 2.24) is 25.3 Å². The molecule has 0 aromatic carbocycles. The van der Waals surface area contributed by atoms with E-state index in [4.69, 9.17) is 16.3 Å². The van der Waals surface area contributed by atoms with E-state index in [2.05, 4.69) is 20.6 Å². The second kappa shape index (κ2) is 6.89. The van der Waals surface area contributed by atoms with Gasteiger partial charge in [-0.15, -0.1) is 5.10 Å². The van der Waals surface area contributed by atoms with Crippen molar-refractivity contribution in [2.24, 2.45) is 0 Å². The number of halogens is 1. The average Bonchev–Trinajstić information content (AvgIpc) is 3.09. The lowest BCUT2D eigenvalue weighted by Crippen LogP contribution is -2.26. The number of nitro groups is 1. The van der Waals surface area contributed by atoms with Crippen LogP contribution in [0, 0.1) is 10.1 Å². The minimum atomic E-state index is -0.719. The molecule has 0 spiro atoms. The number of H-pyrrole nitrogens is 1. The molecule has 118 valence electrons. The lowest BCUT2D eigenvalue weighted by atomic mass is 10.3. The van der Waals surface area contributed by atoms with Gasteiger partial charge < -0.3 is 10.1 Å². The van der Waals surface area contributed by atoms with Gasteiger partial charge >= 0.3 is 11.6 Å². The van der Waals surface area contributed by atoms with E-state index in [0.29, 0.717) is 24.5 Å². The molecule has 10 nitrogen and oxygen atoms in total. The van der Waals surface area contributed by atoms with Gasteiger partial charge in [-0.25, -0.2) is 0 Å². The molecule has 0 saturated heterocycles. The van der Waals surface area contributed by atoms with Gasteiger partial charge in [-0.2, -0.15) is 5.10 Å². The van der Waals surface area contributed by atoms with Crippen LogP contribution < -0.4 is 10.1 Å². The van der Waals surface area contributed by atoms with Crippen LogP contribution in [0.15, 0.2) is 12.4 Å². The number of rotatable bonds is 7. The van der Waals surface area contributed by atoms with Crippen LogP contribution in [0.3, 0.4) is 0 Å². The van der Waals surface area contributed by atoms with Crippen molar-refractivity contribution in [2.45, 2.75) is 13.0 Å². The van der Waals surface area contributed by atoms with Gasteiger partial charge in [0.2, 0.25) is 5.69 Å². The van der Waals surface area contributed by atoms with Crippen LogP contribution in [-0.4, -0.2) is 44.5 Å². The van der Waals surface area contributed by atoms with Gasteiger partial charge in [-0.1, -0.05) is 11.6 Å². The van der Waals surface area contributed by atoms with E-state index in [1.54, 1.807) is 10.9 Å². The maximum Gasteiger partial charge on any atom is 0.362 e. The summed E-state index contributed by atoms with van der Waals surface area (Å²) in [6.07, 6.45) is 3.76. The second-order valence-corrected chi connectivity index (χ2v) is 4.68. The molecule has 1 amide bonds. The maximum atomic E-state index is 11.9. The van der Waals surface area contributed by atoms with E-state index < -0.39 is 16.5 Å². The molecule has 0 unspecified atom stereocenters. The van der Waals surface area contributed by atoms with Crippen LogP contribution in [0.4, 0.5) is 5.69 Å². The molecule has 2 heterocycles. The summed E-state index contributed by atoms with van der Waals surface area (Å²) in [5.74, 6) is -0.859. The highest BCUT2D eigenvalue weighted by Gasteiger charge is 2.29. The molecule has 0 aliphatic carbocycles. The Morgan fingerprint density at radius 1 is 1.64 bits per heavy atom. The maximum absolute atomic E-state index is 11.9. The van der Waals surface area contributed by atoms with E-state index in [9.17, 15) is 14.9 Å². The largest absolute Gasteiger partial charge is 0.475 e. The minimum absolute atomic E-state index is 0.235. The van der Waals surface area contributed by atoms with E-state index in [1.807, 2.05) is 0 Å². The van der Waals surface area contributed by atoms with Gasteiger partial charge in [-0.05, 0) is 6.42 Å². The van der Waals surface area contributed by atoms with Crippen molar-refractivity contribution < 1.29 is 14.5 Å². The number of hydrogen-bond acceptors (Lipinski definition) is 6. The fourth-order valence-electron chi connectivity index (χ4n) is 1.78. The molecule has 2 rings (SSSR count). The fraction of sp³-hybridized carbons (Fsp3) is 0.364. The number of amides is 1. The third-order valence-electron chi connectivity index (χ3n) is 2.76. The highest BCUT2D eigenvalue weighted by Crippen LogP contribution is 2.27. The monoisotopic (exact) mass is 328 g/mol. The molecule has 0 aliphatic rings. The Morgan fingerprint density at radius 3 is 3.00 bits per heavy atom. The zero-order valence-electron chi connectivity index (χ0n) is 11.6. The number of methoxy groups -OCH3 is 1. The third kappa shape index (κ3) is 3.52. The van der Waals surface area contributed by atoms with Gasteiger partial charge in [0.05, 0.1) is 23.3 Å². The normalized spacial score (nSPS) is 10.5. The summed E-state index contributed by atoms with van der Waals surface area (Å²) < 4.78 is 6.37. The van der Waals surface area contributed by atoms with Crippen LogP contribution >= 0.6 is 11.6 Å². The van der Waals surface area contributed by atoms with Crippen LogP contribution in [0.1, 0.15) is 16.9 Å². The van der Waals surface area contributed by atoms with Crippen molar-refractivity contribution in [3.8, 4) is 5.88 Å². The number of carbonyl (C=O) groups excluding carboxylic acids is 1. The fourth-order valence-corrected chi connectivity index (χ4v) is 1.94. The van der Waals surface area contributed by atoms with Crippen LogP contribution in [0.25, 0.3) is 0 Å². The molecule has 0 fully saturated rings. The van der Waals surface area contributed by atoms with E-state index >= 15 is 0 Å². The summed E-state index contributed by atoms with van der Waals surface area (Å²) in [7, 11) is 1.24. The Bertz CT molecular complexity index is 682. The van der Waals surface area contributed by atoms with Crippen molar-refractivity contribution in [1.29, 1.82) is 0 Å². The first-order chi connectivity index (χ1) is 10.5. The van der Waals surface area contributed by atoms with Crippen molar-refractivity contribution >= 4 is 23.2 Å². The number of aryl methyl sites for hydroxylation is 1. The molecule has 0 bridgehead atoms. The zero-order valence-corrected chi connectivity index (χ0v) is 12.3. The first-order valence-corrected chi connectivity index (χ1v) is 6.63. The molecule has 2 aromatic rings. The Morgan fingerprint density at radius 2 is 2.41 bits per heavy atom. The summed E-state index contributed by atoms with van der Waals surface area (Å²) in [6.45, 7) is 0.871. The summed E-state index contributed by atoms with van der Waals surface area (Å²) in [5, 5.41) is 23.9. The molecule has 2 aromatic heterocycles. The standard InChI is InChI=1S/C11H13ClN6O4/c1-22-11-9(18(20)21)8(15-16-11)10(19)13-3-2-4-17-6-7(12)5-14-17/h5-6H,2-4H2,1H3,(H,13,19)(H,15,16). The summed E-state index contributed by atoms with van der Waals surface area (Å²) in [5.41, 5.74) is -0.733. The quantitative estimate of drug-likeness (QED) is 0.443. The summed E-state index contributed by atoms with van der Waals surface area (Å²) in [6, 6.07) is 0. The molecule has 11 heteroatoms. The highest BCUT2D eigenvalue weighted by molar-refractivity contribution is 6.30. The number of ether oxygens (including phenoxy) is 1. The lowest BCUT2D eigenvalue weighted by Gasteiger charge is -2.04. The second-order valence-electron chi connectivity index (χ2n) is 4.24. The molecular formula is C11H13ClN6O4. The van der Waals surface area contributed by atoms with Gasteiger partial charge in [-0.3, -0.25) is 24.7 Å². The molecule has 22 heavy (non-hydrogen) atoms. The SMILES string of the molecule is COc1n[nH]c(C(=O)NCCCn2cc(Cl)cn2)c1[N+](=O)[O-]. The smallest absolute Gasteiger partial charge is 0.362 e. The van der Waals surface area contributed by atoms with Gasteiger partial charge in [0, 0.05) is 19.3 Å². The zero-order chi connectivity index (χ0) is 16.1. The third-order valence-corrected chi connectivity index (χ3v) is 2.96. The minimum Gasteiger partial charge on any atom is -0.475 e. The Hall–Kier alpha value is -2.62. The van der Waals surface area contributed by atoms with Crippen LogP contribution in [0.5, 0.6) is 5.88 Å². The number of aromatic amines is 1. The van der Waals surface area contributed by atoms with Gasteiger partial charge in [0.25, 0.3) is 5.91 Å². The van der Waals surface area contributed by atoms with Crippen LogP contribution in [0.2, 0.25) is 5.02 Å². The van der Waals surface area contributed by atoms with Gasteiger partial charge in [0.1, 0.15) is 0 Å². The van der Waals surface area contributed by atoms with Crippen molar-refractivity contribution in [3.05, 3.63) is 33.2 Å². The predicted octanol–water partition coefficient (Wildman–Crippen LogP) is 0.996. The van der Waals surface area contributed by atoms with Crippen LogP contribution in [-0.2, 0) is 6.54 Å². The van der Waals surface area contributed by atoms with Gasteiger partial charge in [0.15, 0.2) is 0 Å². The number of carbonyl (C=O) groups is 1. The summed E-state index contributed by atoms with van der Waals surface area (Å²) in [4.78, 5) is 22.2. The number of nitrogens with one attached hydrogen (secondary N) is 2. The topological polar surface area (TPSA) is 128 Å². The first kappa shape index (κ1) is 15.8. The molecule has 0 saturated carbocycles. The molecule has 2 N–H and O–H groups in total. The predicted molar refractivity (Wildman–Crippen MR) is 76.0 cm³/mol. The Balaban J connectivity index is 1.90. The average molecular weight is 329 g/mol. The molecule has 0 atom stereocenters. The number of aromatic nitrogens is 4. The first-order valence-electron chi connectivity index (χ1n) is 6.25. The highest BCUT2D eigenvalue weighted by atomic mass is 35.5. The lowest BCUT2D eigenvalue weighted by molar-refractivity contribution is -0.386. The Labute approximate surface area is 129 Å². The summed E-state index contributed by atoms with van der Waals surface area (Å²) >= 11 is 5.73. The molecular weight excluding hydrogens is 316 g/mol. The molecule has 0 aliphatic heterocycles. The van der Waals surface area contributed by atoms with E-state index in [1.165, 1.54) is 13.3 Å². The van der Waals surface area contributed by atoms with Crippen molar-refractivity contribution in [2.75, 3.05) is 13.7 Å². The van der Waals surface area contributed by atoms with E-state index in [0.717, 1.165) is 0 Å². The molecule has 0 radical (unpaired) electrons. The van der Waals surface area contributed by atoms with E-state index in [-0.39, 0.29) is 11.6 Å². The Kier molecular flexibility index (Phi) is 4.94. The van der Waals surface area contributed by atoms with Crippen molar-refractivity contribution in [3.63, 3.8) is 0 Å².